The molecular formula is C12H16N6O3S. The highest BCUT2D eigenvalue weighted by atomic mass is 32.2. The van der Waals surface area contributed by atoms with E-state index < -0.39 is 17.0 Å². The van der Waals surface area contributed by atoms with Gasteiger partial charge in [0.1, 0.15) is 17.2 Å². The van der Waals surface area contributed by atoms with Crippen LogP contribution in [0.25, 0.3) is 0 Å². The first-order valence-corrected chi connectivity index (χ1v) is 7.60. The predicted octanol–water partition coefficient (Wildman–Crippen LogP) is -0.0697. The third kappa shape index (κ3) is 3.27. The number of aromatic amines is 2. The van der Waals surface area contributed by atoms with Crippen molar-refractivity contribution >= 4 is 23.4 Å². The lowest BCUT2D eigenvalue weighted by Crippen LogP contribution is -2.36. The second-order valence-corrected chi connectivity index (χ2v) is 5.53. The summed E-state index contributed by atoms with van der Waals surface area (Å²) in [5, 5.41) is 6.95. The smallest absolute Gasteiger partial charge is 0.329 e. The number of hydrogen-bond acceptors (Lipinski definition) is 7. The van der Waals surface area contributed by atoms with Gasteiger partial charge in [-0.15, -0.1) is 5.10 Å². The number of carbonyl (C=O) groups is 1. The minimum absolute atomic E-state index is 0.0467. The van der Waals surface area contributed by atoms with Crippen molar-refractivity contribution in [3.63, 3.8) is 0 Å². The molecule has 2 heterocycles. The summed E-state index contributed by atoms with van der Waals surface area (Å²) < 4.78 is 1.19. The van der Waals surface area contributed by atoms with Crippen LogP contribution >= 0.6 is 11.8 Å². The second kappa shape index (κ2) is 6.60. The molecule has 2 aromatic heterocycles. The summed E-state index contributed by atoms with van der Waals surface area (Å²) in [6, 6.07) is 0. The zero-order valence-corrected chi connectivity index (χ0v) is 13.0. The number of rotatable bonds is 6. The molecule has 0 aliphatic heterocycles. The highest BCUT2D eigenvalue weighted by Crippen LogP contribution is 2.15. The lowest BCUT2D eigenvalue weighted by molar-refractivity contribution is 0.102. The van der Waals surface area contributed by atoms with Crippen molar-refractivity contribution in [3.8, 4) is 0 Å². The molecule has 0 bridgehead atoms. The molecule has 0 atom stereocenters. The molecule has 0 aliphatic carbocycles. The molecule has 22 heavy (non-hydrogen) atoms. The third-order valence-corrected chi connectivity index (χ3v) is 3.72. The van der Waals surface area contributed by atoms with E-state index >= 15 is 0 Å². The standard InChI is InChI=1S/C12H16N6O3S/c1-3-4-18-9(13)8(10(20)15-12(18)21)7(19)5-22-11-14-6(2)16-17-11/h3-5,13H2,1-2H3,(H,14,16,17)(H,15,20,21). The molecule has 2 rings (SSSR count). The number of aryl methyl sites for hydroxylation is 1. The molecule has 0 saturated heterocycles. The molecule has 10 heteroatoms. The number of nitrogen functional groups attached to an aromatic ring is 1. The average molecular weight is 324 g/mol. The normalized spacial score (nSPS) is 10.8. The first kappa shape index (κ1) is 16.0. The summed E-state index contributed by atoms with van der Waals surface area (Å²) in [5.41, 5.74) is 4.23. The van der Waals surface area contributed by atoms with E-state index in [1.54, 1.807) is 6.92 Å². The number of thioether (sulfide) groups is 1. The molecular weight excluding hydrogens is 308 g/mol. The van der Waals surface area contributed by atoms with Gasteiger partial charge in [0, 0.05) is 6.54 Å². The molecule has 4 N–H and O–H groups in total. The van der Waals surface area contributed by atoms with Crippen LogP contribution < -0.4 is 17.0 Å². The quantitative estimate of drug-likeness (QED) is 0.499. The number of Topliss-reactive ketones (excluding diaryl/α,β-unsaturated/α-hetero) is 1. The van der Waals surface area contributed by atoms with Gasteiger partial charge in [0.25, 0.3) is 5.56 Å². The SMILES string of the molecule is CCCn1c(N)c(C(=O)CSc2n[nH]c(C)n2)c(=O)[nH]c1=O. The van der Waals surface area contributed by atoms with Crippen LogP contribution in [0, 0.1) is 6.92 Å². The summed E-state index contributed by atoms with van der Waals surface area (Å²) in [5.74, 6) is 0.00164. The van der Waals surface area contributed by atoms with Crippen molar-refractivity contribution in [2.24, 2.45) is 0 Å². The highest BCUT2D eigenvalue weighted by molar-refractivity contribution is 7.99. The summed E-state index contributed by atoms with van der Waals surface area (Å²) in [4.78, 5) is 42.0. The van der Waals surface area contributed by atoms with Crippen molar-refractivity contribution < 1.29 is 4.79 Å². The fourth-order valence-electron chi connectivity index (χ4n) is 1.89. The number of nitrogens with two attached hydrogens (primary N) is 1. The lowest BCUT2D eigenvalue weighted by Gasteiger charge is -2.10. The first-order chi connectivity index (χ1) is 10.4. The topological polar surface area (TPSA) is 140 Å². The number of carbonyl (C=O) groups excluding carboxylic acids is 1. The Kier molecular flexibility index (Phi) is 4.81. The predicted molar refractivity (Wildman–Crippen MR) is 82.2 cm³/mol. The van der Waals surface area contributed by atoms with E-state index in [9.17, 15) is 14.4 Å². The van der Waals surface area contributed by atoms with Crippen molar-refractivity contribution in [2.75, 3.05) is 11.5 Å². The van der Waals surface area contributed by atoms with E-state index in [0.29, 0.717) is 23.9 Å². The van der Waals surface area contributed by atoms with E-state index in [1.807, 2.05) is 6.92 Å². The van der Waals surface area contributed by atoms with Crippen LogP contribution in [0.3, 0.4) is 0 Å². The van der Waals surface area contributed by atoms with Crippen LogP contribution in [0.4, 0.5) is 5.82 Å². The Morgan fingerprint density at radius 2 is 2.14 bits per heavy atom. The molecule has 0 aliphatic rings. The summed E-state index contributed by atoms with van der Waals surface area (Å²) in [7, 11) is 0. The van der Waals surface area contributed by atoms with Crippen LogP contribution in [-0.4, -0.2) is 36.3 Å². The summed E-state index contributed by atoms with van der Waals surface area (Å²) in [6.07, 6.45) is 0.648. The minimum atomic E-state index is -0.772. The second-order valence-electron chi connectivity index (χ2n) is 4.59. The number of nitrogens with zero attached hydrogens (tertiary/aromatic N) is 3. The number of H-pyrrole nitrogens is 2. The maximum Gasteiger partial charge on any atom is 0.329 e. The Bertz CT molecular complexity index is 806. The van der Waals surface area contributed by atoms with E-state index in [0.717, 1.165) is 11.8 Å². The highest BCUT2D eigenvalue weighted by Gasteiger charge is 2.19. The summed E-state index contributed by atoms with van der Waals surface area (Å²) in [6.45, 7) is 3.93. The van der Waals surface area contributed by atoms with Crippen LogP contribution in [0.15, 0.2) is 14.7 Å². The third-order valence-electron chi connectivity index (χ3n) is 2.87. The van der Waals surface area contributed by atoms with Gasteiger partial charge in [0.15, 0.2) is 5.78 Å². The Morgan fingerprint density at radius 1 is 1.41 bits per heavy atom. The first-order valence-electron chi connectivity index (χ1n) is 6.61. The maximum atomic E-state index is 12.2. The van der Waals surface area contributed by atoms with Gasteiger partial charge in [0.05, 0.1) is 5.75 Å². The van der Waals surface area contributed by atoms with Crippen molar-refractivity contribution in [3.05, 3.63) is 32.2 Å². The number of nitrogens with one attached hydrogen (secondary N) is 2. The lowest BCUT2D eigenvalue weighted by atomic mass is 10.2. The van der Waals surface area contributed by atoms with Crippen molar-refractivity contribution in [1.29, 1.82) is 0 Å². The zero-order chi connectivity index (χ0) is 16.3. The molecule has 0 unspecified atom stereocenters. The van der Waals surface area contributed by atoms with Gasteiger partial charge in [-0.2, -0.15) is 0 Å². The molecule has 9 nitrogen and oxygen atoms in total. The summed E-state index contributed by atoms with van der Waals surface area (Å²) >= 11 is 1.09. The molecule has 0 radical (unpaired) electrons. The largest absolute Gasteiger partial charge is 0.384 e. The minimum Gasteiger partial charge on any atom is -0.384 e. The molecule has 0 fully saturated rings. The fraction of sp³-hybridized carbons (Fsp3) is 0.417. The number of aromatic nitrogens is 5. The van der Waals surface area contributed by atoms with E-state index in [4.69, 9.17) is 5.73 Å². The van der Waals surface area contributed by atoms with Gasteiger partial charge in [-0.05, 0) is 13.3 Å². The molecule has 0 amide bonds. The Labute approximate surface area is 129 Å². The van der Waals surface area contributed by atoms with Gasteiger partial charge < -0.3 is 5.73 Å². The monoisotopic (exact) mass is 324 g/mol. The average Bonchev–Trinajstić information content (AvgIpc) is 2.86. The number of hydrogen-bond donors (Lipinski definition) is 3. The maximum absolute atomic E-state index is 12.2. The van der Waals surface area contributed by atoms with E-state index in [-0.39, 0.29) is 17.1 Å². The molecule has 0 saturated carbocycles. The Hall–Kier alpha value is -2.36. The Balaban J connectivity index is 2.27. The van der Waals surface area contributed by atoms with Gasteiger partial charge in [-0.3, -0.25) is 24.2 Å². The van der Waals surface area contributed by atoms with Crippen molar-refractivity contribution in [1.82, 2.24) is 24.7 Å². The number of anilines is 1. The van der Waals surface area contributed by atoms with Crippen LogP contribution in [0.5, 0.6) is 0 Å². The van der Waals surface area contributed by atoms with E-state index in [1.165, 1.54) is 4.57 Å². The van der Waals surface area contributed by atoms with Crippen LogP contribution in [-0.2, 0) is 6.54 Å². The molecule has 0 aromatic carbocycles. The van der Waals surface area contributed by atoms with Crippen LogP contribution in [0.1, 0.15) is 29.5 Å². The number of ketones is 1. The zero-order valence-electron chi connectivity index (χ0n) is 12.2. The van der Waals surface area contributed by atoms with Gasteiger partial charge in [-0.1, -0.05) is 18.7 Å². The van der Waals surface area contributed by atoms with Crippen molar-refractivity contribution in [2.45, 2.75) is 32.0 Å². The van der Waals surface area contributed by atoms with Crippen LogP contribution in [0.2, 0.25) is 0 Å². The Morgan fingerprint density at radius 3 is 2.73 bits per heavy atom. The molecule has 118 valence electrons. The van der Waals surface area contributed by atoms with Gasteiger partial charge >= 0.3 is 5.69 Å². The molecule has 0 spiro atoms. The van der Waals surface area contributed by atoms with Gasteiger partial charge in [-0.25, -0.2) is 9.78 Å². The van der Waals surface area contributed by atoms with Gasteiger partial charge in [0.2, 0.25) is 5.16 Å². The molecule has 2 aromatic rings. The van der Waals surface area contributed by atoms with E-state index in [2.05, 4.69) is 20.2 Å². The fourth-order valence-corrected chi connectivity index (χ4v) is 2.61.